The lowest BCUT2D eigenvalue weighted by Crippen LogP contribution is -2.26. The van der Waals surface area contributed by atoms with Crippen LogP contribution in [0.15, 0.2) is 24.3 Å². The number of nitrogens with zero attached hydrogens (tertiary/aromatic N) is 1. The molecule has 0 bridgehead atoms. The highest BCUT2D eigenvalue weighted by molar-refractivity contribution is 5.22. The molecule has 14 heavy (non-hydrogen) atoms. The average Bonchev–Trinajstić information content (AvgIpc) is 2.52. The van der Waals surface area contributed by atoms with Crippen molar-refractivity contribution in [3.05, 3.63) is 35.4 Å². The van der Waals surface area contributed by atoms with Crippen LogP contribution in [0, 0.1) is 6.92 Å². The highest BCUT2D eigenvalue weighted by Gasteiger charge is 2.19. The van der Waals surface area contributed by atoms with Crippen molar-refractivity contribution in [1.82, 2.24) is 4.90 Å². The monoisotopic (exact) mass is 189 g/mol. The quantitative estimate of drug-likeness (QED) is 0.691. The summed E-state index contributed by atoms with van der Waals surface area (Å²) in [5.41, 5.74) is 2.83. The van der Waals surface area contributed by atoms with Crippen molar-refractivity contribution in [3.63, 3.8) is 0 Å². The Kier molecular flexibility index (Phi) is 2.87. The summed E-state index contributed by atoms with van der Waals surface area (Å²) in [6.45, 7) is 6.90. The smallest absolute Gasteiger partial charge is 0.0236 e. The molecule has 0 radical (unpaired) electrons. The summed E-state index contributed by atoms with van der Waals surface area (Å²) in [7, 11) is 0. The van der Waals surface area contributed by atoms with E-state index in [0.717, 1.165) is 12.6 Å². The van der Waals surface area contributed by atoms with E-state index in [4.69, 9.17) is 0 Å². The van der Waals surface area contributed by atoms with E-state index in [1.54, 1.807) is 0 Å². The first-order valence-corrected chi connectivity index (χ1v) is 5.55. The number of benzene rings is 1. The van der Waals surface area contributed by atoms with Crippen LogP contribution in [-0.4, -0.2) is 17.5 Å². The molecule has 1 saturated heterocycles. The molecule has 0 spiro atoms. The minimum atomic E-state index is 0.774. The zero-order valence-electron chi connectivity index (χ0n) is 9.16. The average molecular weight is 189 g/mol. The number of hydrogen-bond donors (Lipinski definition) is 0. The van der Waals surface area contributed by atoms with Crippen LogP contribution in [0.3, 0.4) is 0 Å². The summed E-state index contributed by atoms with van der Waals surface area (Å²) in [6.07, 6.45) is 2.73. The molecule has 0 aliphatic carbocycles. The molecule has 1 heterocycles. The van der Waals surface area contributed by atoms with Crippen LogP contribution in [-0.2, 0) is 6.54 Å². The third-order valence-electron chi connectivity index (χ3n) is 3.16. The van der Waals surface area contributed by atoms with E-state index in [9.17, 15) is 0 Å². The fourth-order valence-corrected chi connectivity index (χ4v) is 2.27. The lowest BCUT2D eigenvalue weighted by molar-refractivity contribution is 0.260. The molecule has 76 valence electrons. The molecule has 1 atom stereocenters. The number of aryl methyl sites for hydroxylation is 1. The van der Waals surface area contributed by atoms with E-state index in [-0.39, 0.29) is 0 Å². The van der Waals surface area contributed by atoms with E-state index in [1.165, 1.54) is 30.5 Å². The van der Waals surface area contributed by atoms with E-state index >= 15 is 0 Å². The topological polar surface area (TPSA) is 3.24 Å². The Labute approximate surface area is 86.7 Å². The molecule has 0 amide bonds. The fourth-order valence-electron chi connectivity index (χ4n) is 2.27. The normalized spacial score (nSPS) is 22.9. The minimum absolute atomic E-state index is 0.774. The third kappa shape index (κ3) is 2.16. The van der Waals surface area contributed by atoms with Gasteiger partial charge in [0.1, 0.15) is 0 Å². The van der Waals surface area contributed by atoms with Crippen LogP contribution < -0.4 is 0 Å². The Balaban J connectivity index is 2.03. The van der Waals surface area contributed by atoms with E-state index in [0.29, 0.717) is 0 Å². The lowest BCUT2D eigenvalue weighted by Gasteiger charge is -2.20. The van der Waals surface area contributed by atoms with Crippen LogP contribution >= 0.6 is 0 Å². The highest BCUT2D eigenvalue weighted by atomic mass is 15.2. The largest absolute Gasteiger partial charge is 0.296 e. The summed E-state index contributed by atoms with van der Waals surface area (Å²) >= 11 is 0. The summed E-state index contributed by atoms with van der Waals surface area (Å²) in [6, 6.07) is 9.63. The van der Waals surface area contributed by atoms with Crippen LogP contribution in [0.2, 0.25) is 0 Å². The third-order valence-corrected chi connectivity index (χ3v) is 3.16. The van der Waals surface area contributed by atoms with Crippen molar-refractivity contribution in [2.75, 3.05) is 6.54 Å². The van der Waals surface area contributed by atoms with Gasteiger partial charge in [0.05, 0.1) is 0 Å². The molecule has 1 unspecified atom stereocenters. The molecule has 1 aliphatic heterocycles. The zero-order valence-corrected chi connectivity index (χ0v) is 9.16. The first-order valence-electron chi connectivity index (χ1n) is 5.55. The van der Waals surface area contributed by atoms with Gasteiger partial charge in [0, 0.05) is 12.6 Å². The van der Waals surface area contributed by atoms with Gasteiger partial charge in [-0.25, -0.2) is 0 Å². The Bertz CT molecular complexity index is 306. The highest BCUT2D eigenvalue weighted by Crippen LogP contribution is 2.19. The molecule has 1 heteroatoms. The van der Waals surface area contributed by atoms with E-state index < -0.39 is 0 Å². The maximum Gasteiger partial charge on any atom is 0.0236 e. The second-order valence-corrected chi connectivity index (χ2v) is 4.45. The van der Waals surface area contributed by atoms with Crippen LogP contribution in [0.5, 0.6) is 0 Å². The summed E-state index contributed by atoms with van der Waals surface area (Å²) in [5.74, 6) is 0. The fraction of sp³-hybridized carbons (Fsp3) is 0.538. The minimum Gasteiger partial charge on any atom is -0.296 e. The summed E-state index contributed by atoms with van der Waals surface area (Å²) in [5, 5.41) is 0. The predicted octanol–water partition coefficient (Wildman–Crippen LogP) is 2.98. The maximum absolute atomic E-state index is 2.58. The van der Waals surface area contributed by atoms with Gasteiger partial charge in [0.15, 0.2) is 0 Å². The number of likely N-dealkylation sites (tertiary alicyclic amines) is 1. The van der Waals surface area contributed by atoms with Gasteiger partial charge in [-0.05, 0) is 38.8 Å². The van der Waals surface area contributed by atoms with Gasteiger partial charge in [0.2, 0.25) is 0 Å². The molecular formula is C13H19N. The molecule has 0 saturated carbocycles. The van der Waals surface area contributed by atoms with Gasteiger partial charge in [-0.2, -0.15) is 0 Å². The van der Waals surface area contributed by atoms with E-state index in [2.05, 4.69) is 43.0 Å². The molecule has 1 aromatic rings. The van der Waals surface area contributed by atoms with Crippen molar-refractivity contribution in [2.24, 2.45) is 0 Å². The summed E-state index contributed by atoms with van der Waals surface area (Å²) < 4.78 is 0. The molecular weight excluding hydrogens is 170 g/mol. The van der Waals surface area contributed by atoms with Crippen molar-refractivity contribution in [3.8, 4) is 0 Å². The Hall–Kier alpha value is -0.820. The van der Waals surface area contributed by atoms with Crippen LogP contribution in [0.4, 0.5) is 0 Å². The second-order valence-electron chi connectivity index (χ2n) is 4.45. The first kappa shape index (κ1) is 9.72. The Morgan fingerprint density at radius 2 is 2.29 bits per heavy atom. The number of rotatable bonds is 2. The van der Waals surface area contributed by atoms with Gasteiger partial charge in [0.25, 0.3) is 0 Å². The van der Waals surface area contributed by atoms with Gasteiger partial charge < -0.3 is 0 Å². The van der Waals surface area contributed by atoms with Crippen molar-refractivity contribution in [2.45, 2.75) is 39.3 Å². The standard InChI is InChI=1S/C13H19N/c1-11-5-3-7-13(9-11)10-14-8-4-6-12(14)2/h3,5,7,9,12H,4,6,8,10H2,1-2H3. The van der Waals surface area contributed by atoms with Crippen LogP contribution in [0.25, 0.3) is 0 Å². The molecule has 2 rings (SSSR count). The van der Waals surface area contributed by atoms with Gasteiger partial charge >= 0.3 is 0 Å². The van der Waals surface area contributed by atoms with Gasteiger partial charge in [-0.3, -0.25) is 4.90 Å². The molecule has 1 aliphatic rings. The molecule has 1 fully saturated rings. The second kappa shape index (κ2) is 4.14. The molecule has 1 aromatic carbocycles. The summed E-state index contributed by atoms with van der Waals surface area (Å²) in [4.78, 5) is 2.58. The molecule has 1 nitrogen and oxygen atoms in total. The molecule has 0 aromatic heterocycles. The number of hydrogen-bond acceptors (Lipinski definition) is 1. The first-order chi connectivity index (χ1) is 6.75. The van der Waals surface area contributed by atoms with Crippen molar-refractivity contribution >= 4 is 0 Å². The SMILES string of the molecule is Cc1cccc(CN2CCCC2C)c1. The zero-order chi connectivity index (χ0) is 9.97. The van der Waals surface area contributed by atoms with Gasteiger partial charge in [-0.1, -0.05) is 29.8 Å². The molecule has 0 N–H and O–H groups in total. The Morgan fingerprint density at radius 1 is 1.43 bits per heavy atom. The Morgan fingerprint density at radius 3 is 2.93 bits per heavy atom. The van der Waals surface area contributed by atoms with Crippen molar-refractivity contribution < 1.29 is 0 Å². The lowest BCUT2D eigenvalue weighted by atomic mass is 10.1. The van der Waals surface area contributed by atoms with Crippen LogP contribution in [0.1, 0.15) is 30.9 Å². The predicted molar refractivity (Wildman–Crippen MR) is 60.3 cm³/mol. The van der Waals surface area contributed by atoms with E-state index in [1.807, 2.05) is 0 Å². The van der Waals surface area contributed by atoms with Gasteiger partial charge in [-0.15, -0.1) is 0 Å². The van der Waals surface area contributed by atoms with Crippen molar-refractivity contribution in [1.29, 1.82) is 0 Å². The maximum atomic E-state index is 2.58.